The first-order valence-electron chi connectivity index (χ1n) is 26.2. The minimum atomic E-state index is -0.969. The zero-order chi connectivity index (χ0) is 51.2. The van der Waals surface area contributed by atoms with Crippen LogP contribution in [0, 0.1) is 0 Å². The average molecular weight is 777 g/mol. The lowest BCUT2D eigenvalue weighted by Crippen LogP contribution is -2.28. The monoisotopic (exact) mass is 776 g/mol. The van der Waals surface area contributed by atoms with Gasteiger partial charge in [0.2, 0.25) is 0 Å². The third kappa shape index (κ3) is 5.86. The number of rotatable bonds is 8. The molecule has 0 aliphatic heterocycles. The van der Waals surface area contributed by atoms with Gasteiger partial charge in [0, 0.05) is 16.9 Å². The van der Waals surface area contributed by atoms with Crippen LogP contribution in [0.15, 0.2) is 248 Å². The molecule has 282 valence electrons. The Kier molecular flexibility index (Phi) is 6.02. The van der Waals surface area contributed by atoms with Crippen LogP contribution in [0.5, 0.6) is 0 Å². The molecule has 1 aliphatic carbocycles. The van der Waals surface area contributed by atoms with E-state index in [0.29, 0.717) is 11.1 Å². The lowest BCUT2D eigenvalue weighted by molar-refractivity contribution is 0.768. The molecule has 0 amide bonds. The van der Waals surface area contributed by atoms with Crippen LogP contribution in [-0.2, 0) is 5.41 Å². The largest absolute Gasteiger partial charge is 0.310 e. The van der Waals surface area contributed by atoms with Crippen molar-refractivity contribution in [2.75, 3.05) is 4.90 Å². The second kappa shape index (κ2) is 14.9. The molecule has 0 radical (unpaired) electrons. The summed E-state index contributed by atoms with van der Waals surface area (Å²) < 4.78 is 121. The Hall–Kier alpha value is -7.74. The fraction of sp³-hybridized carbons (Fsp3) is 0.0169. The Balaban J connectivity index is 1.23. The van der Waals surface area contributed by atoms with Gasteiger partial charge in [-0.1, -0.05) is 212 Å². The summed E-state index contributed by atoms with van der Waals surface area (Å²) in [5.74, 6) is 0. The molecule has 0 N–H and O–H groups in total. The smallest absolute Gasteiger partial charge is 0.0714 e. The van der Waals surface area contributed by atoms with Crippen LogP contribution in [0.25, 0.3) is 55.3 Å². The molecule has 1 heteroatoms. The average Bonchev–Trinajstić information content (AvgIpc) is 3.73. The summed E-state index contributed by atoms with van der Waals surface area (Å²) in [7, 11) is 0. The van der Waals surface area contributed by atoms with Crippen LogP contribution in [-0.4, -0.2) is 0 Å². The van der Waals surface area contributed by atoms with Crippen molar-refractivity contribution in [1.82, 2.24) is 0 Å². The Labute approximate surface area is 370 Å². The van der Waals surface area contributed by atoms with Gasteiger partial charge in [-0.05, 0) is 108 Å². The van der Waals surface area contributed by atoms with Crippen molar-refractivity contribution in [3.8, 4) is 44.5 Å². The molecule has 60 heavy (non-hydrogen) atoms. The fourth-order valence-corrected chi connectivity index (χ4v) is 8.81. The lowest BCUT2D eigenvalue weighted by Gasteiger charge is -2.34. The van der Waals surface area contributed by atoms with Crippen LogP contribution in [0.3, 0.4) is 0 Å². The van der Waals surface area contributed by atoms with E-state index in [1.807, 2.05) is 146 Å². The first-order valence-corrected chi connectivity index (χ1v) is 19.7. The third-order valence-corrected chi connectivity index (χ3v) is 11.4. The molecule has 0 fully saturated rings. The quantitative estimate of drug-likeness (QED) is 0.149. The van der Waals surface area contributed by atoms with E-state index in [9.17, 15) is 11.0 Å². The van der Waals surface area contributed by atoms with E-state index < -0.39 is 101 Å². The van der Waals surface area contributed by atoms with E-state index in [1.54, 1.807) is 24.3 Å². The van der Waals surface area contributed by atoms with Crippen LogP contribution >= 0.6 is 0 Å². The molecule has 10 aromatic rings. The minimum Gasteiger partial charge on any atom is -0.310 e. The predicted molar refractivity (Wildman–Crippen MR) is 252 cm³/mol. The maximum Gasteiger partial charge on any atom is 0.0714 e. The molecule has 0 bridgehead atoms. The molecule has 0 heterocycles. The molecular formula is C59H41N. The zero-order valence-electron chi connectivity index (χ0n) is 45.1. The van der Waals surface area contributed by atoms with Gasteiger partial charge < -0.3 is 4.90 Å². The second-order valence-electron chi connectivity index (χ2n) is 14.6. The Morgan fingerprint density at radius 2 is 0.883 bits per heavy atom. The minimum absolute atomic E-state index is 0.00712. The molecule has 0 aromatic heterocycles. The molecule has 1 aliphatic rings. The number of anilines is 3. The highest BCUT2D eigenvalue weighted by Crippen LogP contribution is 2.59. The first-order chi connectivity index (χ1) is 35.2. The standard InChI is InChI=1S/C59H41N/c1-4-17-42(18-5-1)43-33-37-50(38-34-43)60(51-39-35-44(36-40-51)46-21-14-22-47(41-46)53-29-15-20-45-19-10-11-27-52(45)53)57-32-16-31-56-58(57)54-28-12-13-30-55(54)59(56,48-23-6-2-7-24-48)49-25-8-3-9-26-49/h1-41H/i1D,4D,5D,17D,18D,33D,34D,35D,36D,37D,38D,39D,40D. The SMILES string of the molecule is [2H]c1c([2H])c([2H])c(-c2c([2H])c([2H])c(N(c3cccc4c3-c3ccccc3C4(c3ccccc3)c3ccccc3)c3c([2H])c([2H])c(-c4cccc(-c5cccc6ccccc56)c4)c([2H])c3[2H])c([2H])c2[2H])c([2H])c1[2H]. The Morgan fingerprint density at radius 3 is 1.60 bits per heavy atom. The van der Waals surface area contributed by atoms with Gasteiger partial charge in [-0.25, -0.2) is 0 Å². The molecule has 0 unspecified atom stereocenters. The summed E-state index contributed by atoms with van der Waals surface area (Å²) in [5, 5.41) is 2.01. The van der Waals surface area contributed by atoms with Crippen LogP contribution < -0.4 is 4.90 Å². The van der Waals surface area contributed by atoms with Gasteiger partial charge in [-0.3, -0.25) is 0 Å². The molecule has 11 rings (SSSR count). The number of hydrogen-bond acceptors (Lipinski definition) is 1. The summed E-state index contributed by atoms with van der Waals surface area (Å²) in [4.78, 5) is 1.28. The third-order valence-electron chi connectivity index (χ3n) is 11.4. The van der Waals surface area contributed by atoms with Crippen LogP contribution in [0.1, 0.15) is 40.1 Å². The van der Waals surface area contributed by atoms with Gasteiger partial charge in [0.1, 0.15) is 0 Å². The molecule has 10 aromatic carbocycles. The van der Waals surface area contributed by atoms with Gasteiger partial charge in [-0.2, -0.15) is 0 Å². The van der Waals surface area contributed by atoms with E-state index in [2.05, 4.69) is 0 Å². The number of benzene rings is 10. The van der Waals surface area contributed by atoms with Crippen molar-refractivity contribution in [1.29, 1.82) is 0 Å². The molecule has 0 spiro atoms. The van der Waals surface area contributed by atoms with E-state index in [4.69, 9.17) is 6.85 Å². The van der Waals surface area contributed by atoms with Gasteiger partial charge in [0.25, 0.3) is 0 Å². The summed E-state index contributed by atoms with van der Waals surface area (Å²) in [6.45, 7) is 0. The van der Waals surface area contributed by atoms with Crippen molar-refractivity contribution in [3.63, 3.8) is 0 Å². The van der Waals surface area contributed by atoms with Crippen molar-refractivity contribution < 1.29 is 17.8 Å². The molecule has 0 saturated heterocycles. The van der Waals surface area contributed by atoms with Crippen LogP contribution in [0.4, 0.5) is 17.1 Å². The Bertz CT molecular complexity index is 3780. The van der Waals surface area contributed by atoms with Crippen molar-refractivity contribution >= 4 is 27.8 Å². The van der Waals surface area contributed by atoms with Gasteiger partial charge >= 0.3 is 0 Å². The topological polar surface area (TPSA) is 3.24 Å². The molecule has 0 atom stereocenters. The molecule has 1 nitrogen and oxygen atoms in total. The van der Waals surface area contributed by atoms with Crippen LogP contribution in [0.2, 0.25) is 0 Å². The first kappa shape index (κ1) is 24.2. The van der Waals surface area contributed by atoms with Crippen molar-refractivity contribution in [3.05, 3.63) is 271 Å². The van der Waals surface area contributed by atoms with Crippen molar-refractivity contribution in [2.24, 2.45) is 0 Å². The fourth-order valence-electron chi connectivity index (χ4n) is 8.81. The van der Waals surface area contributed by atoms with E-state index in [0.717, 1.165) is 49.7 Å². The molecule has 0 saturated carbocycles. The molecular weight excluding hydrogens is 723 g/mol. The summed E-state index contributed by atoms with van der Waals surface area (Å²) in [6.07, 6.45) is 0. The number of hydrogen-bond donors (Lipinski definition) is 0. The predicted octanol–water partition coefficient (Wildman–Crippen LogP) is 15.7. The summed E-state index contributed by atoms with van der Waals surface area (Å²) >= 11 is 0. The van der Waals surface area contributed by atoms with Gasteiger partial charge in [0.15, 0.2) is 0 Å². The van der Waals surface area contributed by atoms with E-state index in [-0.39, 0.29) is 16.9 Å². The lowest BCUT2D eigenvalue weighted by atomic mass is 9.68. The highest BCUT2D eigenvalue weighted by atomic mass is 15.1. The maximum atomic E-state index is 9.96. The zero-order valence-corrected chi connectivity index (χ0v) is 32.1. The Morgan fingerprint density at radius 1 is 0.367 bits per heavy atom. The normalized spacial score (nSPS) is 15.5. The van der Waals surface area contributed by atoms with E-state index >= 15 is 0 Å². The number of fused-ring (bicyclic) bond motifs is 4. The van der Waals surface area contributed by atoms with Crippen molar-refractivity contribution in [2.45, 2.75) is 5.41 Å². The van der Waals surface area contributed by atoms with E-state index in [1.165, 1.54) is 4.90 Å². The van der Waals surface area contributed by atoms with Gasteiger partial charge in [-0.15, -0.1) is 0 Å². The highest BCUT2D eigenvalue weighted by Gasteiger charge is 2.47. The second-order valence-corrected chi connectivity index (χ2v) is 14.6. The number of nitrogens with zero attached hydrogens (tertiary/aromatic N) is 1. The van der Waals surface area contributed by atoms with Gasteiger partial charge in [0.05, 0.1) is 28.9 Å². The summed E-state index contributed by atoms with van der Waals surface area (Å²) in [5.41, 5.74) is 4.30. The summed E-state index contributed by atoms with van der Waals surface area (Å²) in [6, 6.07) is 46.0. The highest BCUT2D eigenvalue weighted by molar-refractivity contribution is 5.99. The maximum absolute atomic E-state index is 9.96.